The molecule has 33 heavy (non-hydrogen) atoms. The average Bonchev–Trinajstić information content (AvgIpc) is 3.44. The van der Waals surface area contributed by atoms with E-state index in [0.29, 0.717) is 32.1 Å². The summed E-state index contributed by atoms with van der Waals surface area (Å²) in [6, 6.07) is 10.6. The van der Waals surface area contributed by atoms with Gasteiger partial charge in [-0.15, -0.1) is 13.2 Å². The molecule has 1 aromatic heterocycles. The Balaban J connectivity index is 1.67. The number of halogens is 5. The van der Waals surface area contributed by atoms with Crippen LogP contribution in [0.15, 0.2) is 53.8 Å². The summed E-state index contributed by atoms with van der Waals surface area (Å²) in [4.78, 5) is 18.8. The van der Waals surface area contributed by atoms with Crippen molar-refractivity contribution in [2.45, 2.75) is 24.4 Å². The molecule has 3 aromatic rings. The number of ether oxygens (including phenoxy) is 1. The van der Waals surface area contributed by atoms with Crippen molar-refractivity contribution in [1.29, 1.82) is 0 Å². The Morgan fingerprint density at radius 3 is 2.39 bits per heavy atom. The molecule has 2 aromatic carbocycles. The van der Waals surface area contributed by atoms with Crippen LogP contribution in [0.4, 0.5) is 13.2 Å². The molecule has 5 nitrogen and oxygen atoms in total. The Bertz CT molecular complexity index is 1150. The number of likely N-dealkylation sites (tertiary alicyclic amines) is 1. The number of benzene rings is 2. The van der Waals surface area contributed by atoms with Crippen molar-refractivity contribution < 1.29 is 22.7 Å². The highest BCUT2D eigenvalue weighted by Crippen LogP contribution is 2.34. The molecule has 0 N–H and O–H groups in total. The fourth-order valence-electron chi connectivity index (χ4n) is 3.53. The number of rotatable bonds is 6. The standard InChI is InChI=1S/C22H18Cl2F3N3O2S/c23-17-8-3-14(11-18(17)24)19-12-28-21(33-13-20(31)29-9-1-2-10-29)30(19)15-4-6-16(7-5-15)32-22(25,26)27/h3-8,11-12H,1-2,9-10,13H2. The SMILES string of the molecule is O=C(CSc1ncc(-c2ccc(Cl)c(Cl)c2)n1-c1ccc(OC(F)(F)F)cc1)N1CCCC1. The molecule has 0 unspecified atom stereocenters. The van der Waals surface area contributed by atoms with Crippen LogP contribution in [-0.2, 0) is 4.79 Å². The normalized spacial score (nSPS) is 14.0. The number of hydrogen-bond acceptors (Lipinski definition) is 4. The summed E-state index contributed by atoms with van der Waals surface area (Å²) in [7, 11) is 0. The predicted octanol–water partition coefficient (Wildman–Crippen LogP) is 6.46. The van der Waals surface area contributed by atoms with Crippen LogP contribution in [0.1, 0.15) is 12.8 Å². The molecule has 0 saturated carbocycles. The molecular formula is C22H18Cl2F3N3O2S. The van der Waals surface area contributed by atoms with E-state index in [2.05, 4.69) is 9.72 Å². The maximum absolute atomic E-state index is 12.5. The van der Waals surface area contributed by atoms with Gasteiger partial charge in [-0.2, -0.15) is 0 Å². The summed E-state index contributed by atoms with van der Waals surface area (Å²) in [5, 5.41) is 1.27. The van der Waals surface area contributed by atoms with Crippen molar-refractivity contribution in [3.63, 3.8) is 0 Å². The summed E-state index contributed by atoms with van der Waals surface area (Å²) in [5.41, 5.74) is 1.92. The first kappa shape index (κ1) is 23.8. The van der Waals surface area contributed by atoms with E-state index in [1.54, 1.807) is 29.0 Å². The first-order valence-corrected chi connectivity index (χ1v) is 11.8. The van der Waals surface area contributed by atoms with Crippen molar-refractivity contribution in [2.24, 2.45) is 0 Å². The fraction of sp³-hybridized carbons (Fsp3) is 0.273. The van der Waals surface area contributed by atoms with Crippen molar-refractivity contribution in [2.75, 3.05) is 18.8 Å². The number of carbonyl (C=O) groups excluding carboxylic acids is 1. The smallest absolute Gasteiger partial charge is 0.406 e. The third kappa shape index (κ3) is 5.77. The number of amides is 1. The fourth-order valence-corrected chi connectivity index (χ4v) is 4.72. The Labute approximate surface area is 202 Å². The van der Waals surface area contributed by atoms with Crippen LogP contribution in [-0.4, -0.2) is 45.6 Å². The number of thioether (sulfide) groups is 1. The molecule has 1 saturated heterocycles. The highest BCUT2D eigenvalue weighted by atomic mass is 35.5. The maximum atomic E-state index is 12.5. The number of carbonyl (C=O) groups is 1. The summed E-state index contributed by atoms with van der Waals surface area (Å²) in [6.45, 7) is 1.51. The third-order valence-corrected chi connectivity index (χ3v) is 6.73. The van der Waals surface area contributed by atoms with Gasteiger partial charge in [-0.1, -0.05) is 41.0 Å². The van der Waals surface area contributed by atoms with E-state index in [9.17, 15) is 18.0 Å². The van der Waals surface area contributed by atoms with Crippen LogP contribution in [0.2, 0.25) is 10.0 Å². The summed E-state index contributed by atoms with van der Waals surface area (Å²) < 4.78 is 43.4. The van der Waals surface area contributed by atoms with Gasteiger partial charge in [-0.3, -0.25) is 9.36 Å². The molecule has 1 aliphatic rings. The molecule has 4 rings (SSSR count). The number of aromatic nitrogens is 2. The first-order chi connectivity index (χ1) is 15.7. The van der Waals surface area contributed by atoms with E-state index in [1.807, 2.05) is 4.90 Å². The van der Waals surface area contributed by atoms with Gasteiger partial charge in [0, 0.05) is 24.3 Å². The summed E-state index contributed by atoms with van der Waals surface area (Å²) in [6.07, 6.45) is -1.15. The Hall–Kier alpha value is -2.36. The van der Waals surface area contributed by atoms with Crippen molar-refractivity contribution in [1.82, 2.24) is 14.5 Å². The van der Waals surface area contributed by atoms with Crippen molar-refractivity contribution in [3.8, 4) is 22.7 Å². The van der Waals surface area contributed by atoms with E-state index in [4.69, 9.17) is 23.2 Å². The van der Waals surface area contributed by atoms with Crippen LogP contribution in [0.25, 0.3) is 16.9 Å². The summed E-state index contributed by atoms with van der Waals surface area (Å²) in [5.74, 6) is -0.106. The topological polar surface area (TPSA) is 47.4 Å². The molecule has 0 spiro atoms. The van der Waals surface area contributed by atoms with Gasteiger partial charge in [0.15, 0.2) is 5.16 Å². The molecular weight excluding hydrogens is 498 g/mol. The molecule has 0 aliphatic carbocycles. The lowest BCUT2D eigenvalue weighted by Gasteiger charge is -2.16. The van der Waals surface area contributed by atoms with Gasteiger partial charge >= 0.3 is 6.36 Å². The van der Waals surface area contributed by atoms with Gasteiger partial charge in [-0.25, -0.2) is 4.98 Å². The summed E-state index contributed by atoms with van der Waals surface area (Å²) >= 11 is 13.5. The molecule has 1 fully saturated rings. The number of hydrogen-bond donors (Lipinski definition) is 0. The largest absolute Gasteiger partial charge is 0.573 e. The van der Waals surface area contributed by atoms with Crippen LogP contribution < -0.4 is 4.74 Å². The molecule has 1 aliphatic heterocycles. The van der Waals surface area contributed by atoms with Crippen molar-refractivity contribution in [3.05, 3.63) is 58.7 Å². The molecule has 0 bridgehead atoms. The zero-order valence-corrected chi connectivity index (χ0v) is 19.4. The van der Waals surface area contributed by atoms with Crippen molar-refractivity contribution >= 4 is 40.9 Å². The predicted molar refractivity (Wildman–Crippen MR) is 122 cm³/mol. The zero-order chi connectivity index (χ0) is 23.6. The Kier molecular flexibility index (Phi) is 7.11. The lowest BCUT2D eigenvalue weighted by molar-refractivity contribution is -0.274. The van der Waals surface area contributed by atoms with Crippen LogP contribution >= 0.6 is 35.0 Å². The van der Waals surface area contributed by atoms with E-state index in [-0.39, 0.29) is 17.4 Å². The van der Waals surface area contributed by atoms with Gasteiger partial charge in [0.05, 0.1) is 27.7 Å². The van der Waals surface area contributed by atoms with E-state index < -0.39 is 6.36 Å². The van der Waals surface area contributed by atoms with Gasteiger partial charge < -0.3 is 9.64 Å². The van der Waals surface area contributed by atoms with Crippen LogP contribution in [0.3, 0.4) is 0 Å². The van der Waals surface area contributed by atoms with E-state index in [0.717, 1.165) is 25.9 Å². The monoisotopic (exact) mass is 515 g/mol. The molecule has 11 heteroatoms. The van der Waals surface area contributed by atoms with Crippen LogP contribution in [0.5, 0.6) is 5.75 Å². The second kappa shape index (κ2) is 9.87. The molecule has 0 radical (unpaired) electrons. The highest BCUT2D eigenvalue weighted by molar-refractivity contribution is 7.99. The Morgan fingerprint density at radius 2 is 1.76 bits per heavy atom. The highest BCUT2D eigenvalue weighted by Gasteiger charge is 2.31. The third-order valence-electron chi connectivity index (χ3n) is 5.06. The van der Waals surface area contributed by atoms with Crippen LogP contribution in [0, 0.1) is 0 Å². The number of nitrogens with zero attached hydrogens (tertiary/aromatic N) is 3. The van der Waals surface area contributed by atoms with Gasteiger partial charge in [-0.05, 0) is 49.2 Å². The second-order valence-corrected chi connectivity index (χ2v) is 9.07. The molecule has 1 amide bonds. The minimum absolute atomic E-state index is 0.0251. The minimum atomic E-state index is -4.78. The Morgan fingerprint density at radius 1 is 1.06 bits per heavy atom. The first-order valence-electron chi connectivity index (χ1n) is 10.0. The lowest BCUT2D eigenvalue weighted by atomic mass is 10.1. The minimum Gasteiger partial charge on any atom is -0.406 e. The second-order valence-electron chi connectivity index (χ2n) is 7.31. The van der Waals surface area contributed by atoms with E-state index >= 15 is 0 Å². The molecule has 0 atom stereocenters. The van der Waals surface area contributed by atoms with Gasteiger partial charge in [0.25, 0.3) is 0 Å². The molecule has 2 heterocycles. The average molecular weight is 516 g/mol. The lowest BCUT2D eigenvalue weighted by Crippen LogP contribution is -2.29. The van der Waals surface area contributed by atoms with Gasteiger partial charge in [0.2, 0.25) is 5.91 Å². The number of alkyl halides is 3. The van der Waals surface area contributed by atoms with E-state index in [1.165, 1.54) is 36.0 Å². The van der Waals surface area contributed by atoms with Gasteiger partial charge in [0.1, 0.15) is 5.75 Å². The zero-order valence-electron chi connectivity index (χ0n) is 17.1. The number of imidazole rings is 1. The quantitative estimate of drug-likeness (QED) is 0.353. The maximum Gasteiger partial charge on any atom is 0.573 e. The molecule has 174 valence electrons.